The maximum Gasteiger partial charge on any atom is 0.169 e. The molecule has 1 unspecified atom stereocenters. The number of benzene rings is 1. The lowest BCUT2D eigenvalue weighted by molar-refractivity contribution is -0.125. The van der Waals surface area contributed by atoms with E-state index in [0.29, 0.717) is 11.1 Å². The molecule has 0 aliphatic rings. The Bertz CT molecular complexity index is 466. The van der Waals surface area contributed by atoms with Crippen LogP contribution in [0.25, 0.3) is 0 Å². The van der Waals surface area contributed by atoms with Gasteiger partial charge in [-0.05, 0) is 30.7 Å². The lowest BCUT2D eigenvalue weighted by Crippen LogP contribution is -2.17. The highest BCUT2D eigenvalue weighted by Gasteiger charge is 2.22. The van der Waals surface area contributed by atoms with Crippen LogP contribution in [0.4, 0.5) is 0 Å². The van der Waals surface area contributed by atoms with Gasteiger partial charge in [0.2, 0.25) is 0 Å². The van der Waals surface area contributed by atoms with Crippen molar-refractivity contribution in [1.29, 1.82) is 5.26 Å². The standard InChI is InChI=1S/C13H11NO2/c1-3-12(16)13(9(2)15)11-6-4-10(8-14)5-7-11/h3-7,13H,1H2,2H3. The fourth-order valence-corrected chi connectivity index (χ4v) is 1.47. The molecule has 0 radical (unpaired) electrons. The summed E-state index contributed by atoms with van der Waals surface area (Å²) < 4.78 is 0. The molecular formula is C13H11NO2. The first-order valence-corrected chi connectivity index (χ1v) is 4.77. The molecule has 0 aliphatic heterocycles. The first-order chi connectivity index (χ1) is 7.60. The summed E-state index contributed by atoms with van der Waals surface area (Å²) in [5.74, 6) is -1.35. The fourth-order valence-electron chi connectivity index (χ4n) is 1.47. The van der Waals surface area contributed by atoms with Crippen LogP contribution < -0.4 is 0 Å². The zero-order chi connectivity index (χ0) is 12.1. The third-order valence-corrected chi connectivity index (χ3v) is 2.27. The van der Waals surface area contributed by atoms with E-state index in [0.717, 1.165) is 6.08 Å². The van der Waals surface area contributed by atoms with E-state index in [1.54, 1.807) is 24.3 Å². The van der Waals surface area contributed by atoms with Gasteiger partial charge >= 0.3 is 0 Å². The minimum absolute atomic E-state index is 0.227. The molecule has 3 nitrogen and oxygen atoms in total. The smallest absolute Gasteiger partial charge is 0.169 e. The second-order valence-electron chi connectivity index (χ2n) is 3.38. The predicted octanol–water partition coefficient (Wildman–Crippen LogP) is 1.99. The van der Waals surface area contributed by atoms with Crippen molar-refractivity contribution in [2.75, 3.05) is 0 Å². The molecule has 0 saturated heterocycles. The topological polar surface area (TPSA) is 57.9 Å². The van der Waals surface area contributed by atoms with Gasteiger partial charge in [0.1, 0.15) is 11.7 Å². The second-order valence-corrected chi connectivity index (χ2v) is 3.38. The fraction of sp³-hybridized carbons (Fsp3) is 0.154. The minimum Gasteiger partial charge on any atom is -0.299 e. The van der Waals surface area contributed by atoms with Crippen molar-refractivity contribution in [3.63, 3.8) is 0 Å². The van der Waals surface area contributed by atoms with Gasteiger partial charge in [0.15, 0.2) is 5.78 Å². The molecule has 0 N–H and O–H groups in total. The van der Waals surface area contributed by atoms with Crippen LogP contribution in [-0.2, 0) is 9.59 Å². The van der Waals surface area contributed by atoms with E-state index in [-0.39, 0.29) is 11.6 Å². The Morgan fingerprint density at radius 2 is 1.94 bits per heavy atom. The van der Waals surface area contributed by atoms with Gasteiger partial charge in [-0.1, -0.05) is 18.7 Å². The summed E-state index contributed by atoms with van der Waals surface area (Å²) in [5.41, 5.74) is 1.09. The van der Waals surface area contributed by atoms with Crippen molar-refractivity contribution in [1.82, 2.24) is 0 Å². The van der Waals surface area contributed by atoms with Crippen molar-refractivity contribution < 1.29 is 9.59 Å². The maximum atomic E-state index is 11.5. The second kappa shape index (κ2) is 5.04. The zero-order valence-corrected chi connectivity index (χ0v) is 8.93. The molecule has 16 heavy (non-hydrogen) atoms. The molecule has 3 heteroatoms. The Labute approximate surface area is 94.0 Å². The largest absolute Gasteiger partial charge is 0.299 e. The molecule has 0 spiro atoms. The summed E-state index contributed by atoms with van der Waals surface area (Å²) in [6.45, 7) is 4.73. The Morgan fingerprint density at radius 3 is 2.31 bits per heavy atom. The number of carbonyl (C=O) groups excluding carboxylic acids is 2. The summed E-state index contributed by atoms with van der Waals surface area (Å²) in [5, 5.41) is 8.63. The predicted molar refractivity (Wildman–Crippen MR) is 59.8 cm³/mol. The van der Waals surface area contributed by atoms with E-state index in [1.807, 2.05) is 6.07 Å². The summed E-state index contributed by atoms with van der Waals surface area (Å²) >= 11 is 0. The van der Waals surface area contributed by atoms with Crippen LogP contribution in [0, 0.1) is 11.3 Å². The van der Waals surface area contributed by atoms with Crippen molar-refractivity contribution in [2.45, 2.75) is 12.8 Å². The number of hydrogen-bond donors (Lipinski definition) is 0. The normalized spacial score (nSPS) is 11.2. The minimum atomic E-state index is -0.801. The van der Waals surface area contributed by atoms with Crippen molar-refractivity contribution in [2.24, 2.45) is 0 Å². The van der Waals surface area contributed by atoms with Crippen LogP contribution >= 0.6 is 0 Å². The molecule has 1 aromatic carbocycles. The molecule has 0 aromatic heterocycles. The average molecular weight is 213 g/mol. The van der Waals surface area contributed by atoms with E-state index in [4.69, 9.17) is 5.26 Å². The molecule has 0 bridgehead atoms. The molecular weight excluding hydrogens is 202 g/mol. The average Bonchev–Trinajstić information content (AvgIpc) is 2.29. The molecule has 0 aliphatic carbocycles. The van der Waals surface area contributed by atoms with Crippen molar-refractivity contribution in [3.8, 4) is 6.07 Å². The number of carbonyl (C=O) groups is 2. The summed E-state index contributed by atoms with van der Waals surface area (Å²) in [4.78, 5) is 22.9. The maximum absolute atomic E-state index is 11.5. The lowest BCUT2D eigenvalue weighted by Gasteiger charge is -2.10. The molecule has 1 aromatic rings. The van der Waals surface area contributed by atoms with Gasteiger partial charge in [0.25, 0.3) is 0 Å². The van der Waals surface area contributed by atoms with E-state index < -0.39 is 5.92 Å². The highest BCUT2D eigenvalue weighted by atomic mass is 16.1. The molecule has 0 amide bonds. The van der Waals surface area contributed by atoms with Crippen LogP contribution in [0.5, 0.6) is 0 Å². The van der Waals surface area contributed by atoms with Crippen molar-refractivity contribution >= 4 is 11.6 Å². The molecule has 1 atom stereocenters. The van der Waals surface area contributed by atoms with Gasteiger partial charge in [0, 0.05) is 0 Å². The number of nitrogens with zero attached hydrogens (tertiary/aromatic N) is 1. The number of ketones is 2. The van der Waals surface area contributed by atoms with Gasteiger partial charge in [0.05, 0.1) is 11.6 Å². The molecule has 0 saturated carbocycles. The van der Waals surface area contributed by atoms with Gasteiger partial charge in [-0.15, -0.1) is 0 Å². The third-order valence-electron chi connectivity index (χ3n) is 2.27. The molecule has 0 heterocycles. The third kappa shape index (κ3) is 2.43. The van der Waals surface area contributed by atoms with Crippen LogP contribution in [-0.4, -0.2) is 11.6 Å². The number of Topliss-reactive ketones (excluding diaryl/α,β-unsaturated/α-hetero) is 1. The Kier molecular flexibility index (Phi) is 3.73. The summed E-state index contributed by atoms with van der Waals surface area (Å²) in [6.07, 6.45) is 1.14. The Balaban J connectivity index is 3.12. The van der Waals surface area contributed by atoms with Crippen molar-refractivity contribution in [3.05, 3.63) is 48.0 Å². The van der Waals surface area contributed by atoms with Gasteiger partial charge in [-0.3, -0.25) is 9.59 Å². The van der Waals surface area contributed by atoms with E-state index in [2.05, 4.69) is 6.58 Å². The lowest BCUT2D eigenvalue weighted by atomic mass is 9.91. The monoisotopic (exact) mass is 213 g/mol. The Morgan fingerprint density at radius 1 is 1.38 bits per heavy atom. The zero-order valence-electron chi connectivity index (χ0n) is 8.93. The van der Waals surface area contributed by atoms with Crippen LogP contribution in [0.2, 0.25) is 0 Å². The SMILES string of the molecule is C=CC(=O)C(C(C)=O)c1ccc(C#N)cc1. The van der Waals surface area contributed by atoms with Crippen LogP contribution in [0.3, 0.4) is 0 Å². The number of allylic oxidation sites excluding steroid dienone is 1. The first-order valence-electron chi connectivity index (χ1n) is 4.77. The number of nitriles is 1. The van der Waals surface area contributed by atoms with Crippen LogP contribution in [0.1, 0.15) is 24.0 Å². The van der Waals surface area contributed by atoms with E-state index in [1.165, 1.54) is 6.92 Å². The van der Waals surface area contributed by atoms with Gasteiger partial charge < -0.3 is 0 Å². The quantitative estimate of drug-likeness (QED) is 0.567. The molecule has 0 fully saturated rings. The highest BCUT2D eigenvalue weighted by Crippen LogP contribution is 2.19. The molecule has 80 valence electrons. The summed E-state index contributed by atoms with van der Waals surface area (Å²) in [7, 11) is 0. The van der Waals surface area contributed by atoms with E-state index in [9.17, 15) is 9.59 Å². The van der Waals surface area contributed by atoms with Gasteiger partial charge in [-0.2, -0.15) is 5.26 Å². The van der Waals surface area contributed by atoms with E-state index >= 15 is 0 Å². The highest BCUT2D eigenvalue weighted by molar-refractivity contribution is 6.11. The summed E-state index contributed by atoms with van der Waals surface area (Å²) in [6, 6.07) is 8.38. The number of rotatable bonds is 4. The van der Waals surface area contributed by atoms with Crippen LogP contribution in [0.15, 0.2) is 36.9 Å². The molecule has 1 rings (SSSR count). The number of hydrogen-bond acceptors (Lipinski definition) is 3. The first kappa shape index (κ1) is 11.9. The Hall–Kier alpha value is -2.21. The van der Waals surface area contributed by atoms with Gasteiger partial charge in [-0.25, -0.2) is 0 Å².